The number of pyridine rings is 1. The van der Waals surface area contributed by atoms with Crippen LogP contribution in [0.3, 0.4) is 0 Å². The van der Waals surface area contributed by atoms with E-state index < -0.39 is 16.9 Å². The normalized spacial score (nSPS) is 11.9. The maximum Gasteiger partial charge on any atom is 0.326 e. The van der Waals surface area contributed by atoms with Crippen molar-refractivity contribution in [2.45, 2.75) is 32.7 Å². The zero-order valence-corrected chi connectivity index (χ0v) is 10.2. The van der Waals surface area contributed by atoms with Gasteiger partial charge in [-0.3, -0.25) is 10.1 Å². The molecule has 0 radical (unpaired) electrons. The number of aryl methyl sites for hydroxylation is 1. The number of nitrogens with one attached hydrogen (secondary N) is 1. The summed E-state index contributed by atoms with van der Waals surface area (Å²) in [5.41, 5.74) is 0.175. The van der Waals surface area contributed by atoms with Gasteiger partial charge in [0.1, 0.15) is 17.6 Å². The molecule has 1 aromatic rings. The monoisotopic (exact) mass is 253 g/mol. The first-order valence-corrected chi connectivity index (χ1v) is 5.57. The van der Waals surface area contributed by atoms with Gasteiger partial charge in [-0.05, 0) is 19.4 Å². The summed E-state index contributed by atoms with van der Waals surface area (Å²) in [7, 11) is 0. The van der Waals surface area contributed by atoms with Gasteiger partial charge in [-0.15, -0.1) is 0 Å². The average molecular weight is 253 g/mol. The molecular formula is C11H15N3O4. The third-order valence-electron chi connectivity index (χ3n) is 2.45. The van der Waals surface area contributed by atoms with Crippen LogP contribution in [0.4, 0.5) is 11.5 Å². The molecule has 0 aromatic carbocycles. The number of aromatic nitrogens is 1. The first-order chi connectivity index (χ1) is 8.45. The molecule has 1 atom stereocenters. The minimum absolute atomic E-state index is 0.0806. The van der Waals surface area contributed by atoms with E-state index in [0.717, 1.165) is 6.42 Å². The van der Waals surface area contributed by atoms with E-state index in [4.69, 9.17) is 5.11 Å². The number of nitrogens with zero attached hydrogens (tertiary/aromatic N) is 2. The highest BCUT2D eigenvalue weighted by molar-refractivity contribution is 5.76. The molecule has 0 aliphatic rings. The molecule has 0 saturated heterocycles. The van der Waals surface area contributed by atoms with E-state index in [1.165, 1.54) is 19.1 Å². The molecule has 0 bridgehead atoms. The Morgan fingerprint density at radius 1 is 1.61 bits per heavy atom. The molecule has 1 unspecified atom stereocenters. The van der Waals surface area contributed by atoms with Crippen LogP contribution in [-0.4, -0.2) is 27.0 Å². The largest absolute Gasteiger partial charge is 0.480 e. The summed E-state index contributed by atoms with van der Waals surface area (Å²) in [4.78, 5) is 25.0. The maximum absolute atomic E-state index is 11.0. The number of nitro groups is 1. The molecule has 0 aliphatic carbocycles. The molecule has 7 nitrogen and oxygen atoms in total. The first-order valence-electron chi connectivity index (χ1n) is 5.57. The highest BCUT2D eigenvalue weighted by Crippen LogP contribution is 2.18. The summed E-state index contributed by atoms with van der Waals surface area (Å²) >= 11 is 0. The van der Waals surface area contributed by atoms with E-state index in [1.54, 1.807) is 0 Å². The molecule has 0 amide bonds. The number of aliphatic carboxylic acids is 1. The molecule has 18 heavy (non-hydrogen) atoms. The van der Waals surface area contributed by atoms with Crippen molar-refractivity contribution in [1.29, 1.82) is 0 Å². The summed E-state index contributed by atoms with van der Waals surface area (Å²) < 4.78 is 0. The third-order valence-corrected chi connectivity index (χ3v) is 2.45. The lowest BCUT2D eigenvalue weighted by Gasteiger charge is -2.14. The van der Waals surface area contributed by atoms with Gasteiger partial charge in [0.2, 0.25) is 0 Å². The van der Waals surface area contributed by atoms with Crippen LogP contribution in [0, 0.1) is 17.0 Å². The second-order valence-corrected chi connectivity index (χ2v) is 3.88. The molecule has 7 heteroatoms. The molecule has 2 N–H and O–H groups in total. The minimum atomic E-state index is -0.963. The van der Waals surface area contributed by atoms with Crippen molar-refractivity contribution in [3.63, 3.8) is 0 Å². The molecule has 0 aliphatic heterocycles. The van der Waals surface area contributed by atoms with Gasteiger partial charge in [-0.25, -0.2) is 9.78 Å². The Bertz CT molecular complexity index is 462. The minimum Gasteiger partial charge on any atom is -0.480 e. The van der Waals surface area contributed by atoms with Crippen LogP contribution in [0.1, 0.15) is 25.5 Å². The van der Waals surface area contributed by atoms with Gasteiger partial charge in [0, 0.05) is 6.07 Å². The van der Waals surface area contributed by atoms with Gasteiger partial charge < -0.3 is 10.4 Å². The molecule has 1 rings (SSSR count). The smallest absolute Gasteiger partial charge is 0.326 e. The topological polar surface area (TPSA) is 105 Å². The zero-order chi connectivity index (χ0) is 13.7. The SMILES string of the molecule is CCCC(Nc1ccc([N+](=O)[O-])c(C)n1)C(=O)O. The van der Waals surface area contributed by atoms with E-state index in [0.29, 0.717) is 12.2 Å². The number of anilines is 1. The van der Waals surface area contributed by atoms with Crippen molar-refractivity contribution < 1.29 is 14.8 Å². The highest BCUT2D eigenvalue weighted by atomic mass is 16.6. The van der Waals surface area contributed by atoms with Crippen LogP contribution >= 0.6 is 0 Å². The predicted molar refractivity (Wildman–Crippen MR) is 65.6 cm³/mol. The molecular weight excluding hydrogens is 238 g/mol. The molecule has 1 aromatic heterocycles. The van der Waals surface area contributed by atoms with E-state index in [1.807, 2.05) is 6.92 Å². The third kappa shape index (κ3) is 3.41. The van der Waals surface area contributed by atoms with Crippen molar-refractivity contribution in [1.82, 2.24) is 4.98 Å². The zero-order valence-electron chi connectivity index (χ0n) is 10.2. The van der Waals surface area contributed by atoms with Crippen molar-refractivity contribution in [3.8, 4) is 0 Å². The lowest BCUT2D eigenvalue weighted by atomic mass is 10.1. The van der Waals surface area contributed by atoms with E-state index in [9.17, 15) is 14.9 Å². The standard InChI is InChI=1S/C11H15N3O4/c1-3-4-8(11(15)16)13-10-6-5-9(14(17)18)7(2)12-10/h5-6,8H,3-4H2,1-2H3,(H,12,13)(H,15,16). The van der Waals surface area contributed by atoms with Crippen molar-refractivity contribution >= 4 is 17.5 Å². The van der Waals surface area contributed by atoms with Gasteiger partial charge in [0.15, 0.2) is 0 Å². The highest BCUT2D eigenvalue weighted by Gasteiger charge is 2.18. The number of carbonyl (C=O) groups is 1. The van der Waals surface area contributed by atoms with Crippen LogP contribution in [0.5, 0.6) is 0 Å². The summed E-state index contributed by atoms with van der Waals surface area (Å²) in [6, 6.07) is 2.00. The number of carboxylic acid groups (broad SMARTS) is 1. The van der Waals surface area contributed by atoms with Gasteiger partial charge in [0.25, 0.3) is 5.69 Å². The second kappa shape index (κ2) is 5.95. The van der Waals surface area contributed by atoms with Gasteiger partial charge in [-0.2, -0.15) is 0 Å². The Balaban J connectivity index is 2.88. The first kappa shape index (κ1) is 13.9. The fraction of sp³-hybridized carbons (Fsp3) is 0.455. The Kier molecular flexibility index (Phi) is 4.59. The van der Waals surface area contributed by atoms with Crippen molar-refractivity contribution in [3.05, 3.63) is 27.9 Å². The van der Waals surface area contributed by atoms with Crippen LogP contribution in [0.25, 0.3) is 0 Å². The molecule has 0 fully saturated rings. The second-order valence-electron chi connectivity index (χ2n) is 3.88. The van der Waals surface area contributed by atoms with Crippen LogP contribution in [-0.2, 0) is 4.79 Å². The number of carboxylic acids is 1. The summed E-state index contributed by atoms with van der Waals surface area (Å²) in [6.07, 6.45) is 1.18. The van der Waals surface area contributed by atoms with Gasteiger partial charge in [-0.1, -0.05) is 13.3 Å². The van der Waals surface area contributed by atoms with Gasteiger partial charge >= 0.3 is 5.97 Å². The Hall–Kier alpha value is -2.18. The fourth-order valence-electron chi connectivity index (χ4n) is 1.55. The molecule has 0 spiro atoms. The Labute approximate surface area is 104 Å². The summed E-state index contributed by atoms with van der Waals surface area (Å²) in [6.45, 7) is 3.39. The Morgan fingerprint density at radius 2 is 2.28 bits per heavy atom. The number of hydrogen-bond acceptors (Lipinski definition) is 5. The summed E-state index contributed by atoms with van der Waals surface area (Å²) in [5.74, 6) is -0.631. The Morgan fingerprint density at radius 3 is 2.72 bits per heavy atom. The summed E-state index contributed by atoms with van der Waals surface area (Å²) in [5, 5.41) is 22.3. The quantitative estimate of drug-likeness (QED) is 0.593. The molecule has 98 valence electrons. The van der Waals surface area contributed by atoms with Crippen molar-refractivity contribution in [2.24, 2.45) is 0 Å². The van der Waals surface area contributed by atoms with Crippen LogP contribution in [0.2, 0.25) is 0 Å². The number of rotatable bonds is 6. The van der Waals surface area contributed by atoms with Gasteiger partial charge in [0.05, 0.1) is 4.92 Å². The number of hydrogen-bond donors (Lipinski definition) is 2. The lowest BCUT2D eigenvalue weighted by Crippen LogP contribution is -2.29. The van der Waals surface area contributed by atoms with E-state index in [-0.39, 0.29) is 11.4 Å². The maximum atomic E-state index is 11.0. The van der Waals surface area contributed by atoms with E-state index in [2.05, 4.69) is 10.3 Å². The average Bonchev–Trinajstić information content (AvgIpc) is 2.27. The van der Waals surface area contributed by atoms with E-state index >= 15 is 0 Å². The lowest BCUT2D eigenvalue weighted by molar-refractivity contribution is -0.385. The predicted octanol–water partition coefficient (Wildman–Crippen LogP) is 1.96. The fourth-order valence-corrected chi connectivity index (χ4v) is 1.55. The van der Waals surface area contributed by atoms with Crippen LogP contribution in [0.15, 0.2) is 12.1 Å². The van der Waals surface area contributed by atoms with Crippen molar-refractivity contribution in [2.75, 3.05) is 5.32 Å². The molecule has 0 saturated carbocycles. The van der Waals surface area contributed by atoms with Crippen LogP contribution < -0.4 is 5.32 Å². The molecule has 1 heterocycles.